The lowest BCUT2D eigenvalue weighted by Gasteiger charge is -2.16. The van der Waals surface area contributed by atoms with Crippen molar-refractivity contribution < 1.29 is 8.42 Å². The number of nitrogens with one attached hydrogen (secondary N) is 1. The van der Waals surface area contributed by atoms with Gasteiger partial charge in [-0.3, -0.25) is 0 Å². The third-order valence-electron chi connectivity index (χ3n) is 3.00. The van der Waals surface area contributed by atoms with Crippen molar-refractivity contribution in [3.05, 3.63) is 27.4 Å². The zero-order valence-corrected chi connectivity index (χ0v) is 15.8. The molecule has 21 heavy (non-hydrogen) atoms. The van der Waals surface area contributed by atoms with Gasteiger partial charge in [0, 0.05) is 25.0 Å². The molecule has 0 aliphatic carbocycles. The Bertz CT molecular complexity index is 555. The number of unbranched alkanes of at least 4 members (excludes halogenated alkanes) is 1. The molecule has 0 spiro atoms. The quantitative estimate of drug-likeness (QED) is 0.487. The summed E-state index contributed by atoms with van der Waals surface area (Å²) < 4.78 is 27.2. The van der Waals surface area contributed by atoms with Crippen LogP contribution in [0.2, 0.25) is 0 Å². The van der Waals surface area contributed by atoms with Crippen molar-refractivity contribution in [2.45, 2.75) is 37.6 Å². The first-order chi connectivity index (χ1) is 9.93. The predicted octanol–water partition coefficient (Wildman–Crippen LogP) is 3.60. The standard InChI is InChI=1S/C14H23BrN2O2S2/c1-4-6-7-9-17(3)21(18,19)13-10-12(20-14(13)15)11-16-8-5-2/h4,10,16H,1,5-9,11H2,2-3H3. The Kier molecular flexibility index (Phi) is 8.12. The van der Waals surface area contributed by atoms with E-state index in [0.29, 0.717) is 21.8 Å². The van der Waals surface area contributed by atoms with E-state index in [1.165, 1.54) is 15.6 Å². The monoisotopic (exact) mass is 394 g/mol. The van der Waals surface area contributed by atoms with Crippen LogP contribution in [-0.2, 0) is 16.6 Å². The second kappa shape index (κ2) is 9.05. The summed E-state index contributed by atoms with van der Waals surface area (Å²) in [6.07, 6.45) is 4.46. The van der Waals surface area contributed by atoms with E-state index in [9.17, 15) is 8.42 Å². The second-order valence-corrected chi connectivity index (χ2v) is 9.25. The maximum atomic E-state index is 12.5. The van der Waals surface area contributed by atoms with Crippen molar-refractivity contribution in [3.8, 4) is 0 Å². The molecular weight excluding hydrogens is 372 g/mol. The first-order valence-corrected chi connectivity index (χ1v) is 10.0. The smallest absolute Gasteiger partial charge is 0.244 e. The third kappa shape index (κ3) is 5.49. The van der Waals surface area contributed by atoms with Gasteiger partial charge in [0.1, 0.15) is 4.90 Å². The third-order valence-corrected chi connectivity index (χ3v) is 7.11. The molecule has 0 aliphatic heterocycles. The van der Waals surface area contributed by atoms with Crippen LogP contribution >= 0.6 is 27.3 Å². The first-order valence-electron chi connectivity index (χ1n) is 6.99. The van der Waals surface area contributed by atoms with Crippen LogP contribution in [0, 0.1) is 0 Å². The van der Waals surface area contributed by atoms with Gasteiger partial charge >= 0.3 is 0 Å². The molecule has 0 radical (unpaired) electrons. The molecule has 1 heterocycles. The molecule has 4 nitrogen and oxygen atoms in total. The Hall–Kier alpha value is -0.210. The minimum absolute atomic E-state index is 0.363. The summed E-state index contributed by atoms with van der Waals surface area (Å²) in [5, 5.41) is 3.28. The van der Waals surface area contributed by atoms with Gasteiger partial charge in [0.05, 0.1) is 3.79 Å². The van der Waals surface area contributed by atoms with Crippen molar-refractivity contribution in [1.82, 2.24) is 9.62 Å². The average Bonchev–Trinajstić information content (AvgIpc) is 2.81. The fourth-order valence-electron chi connectivity index (χ4n) is 1.80. The summed E-state index contributed by atoms with van der Waals surface area (Å²) in [4.78, 5) is 1.38. The Labute approximate surface area is 140 Å². The number of hydrogen-bond acceptors (Lipinski definition) is 4. The van der Waals surface area contributed by atoms with Crippen molar-refractivity contribution >= 4 is 37.3 Å². The highest BCUT2D eigenvalue weighted by Gasteiger charge is 2.25. The van der Waals surface area contributed by atoms with E-state index >= 15 is 0 Å². The molecule has 0 atom stereocenters. The van der Waals surface area contributed by atoms with E-state index in [1.54, 1.807) is 19.2 Å². The van der Waals surface area contributed by atoms with Gasteiger partial charge < -0.3 is 5.32 Å². The second-order valence-electron chi connectivity index (χ2n) is 4.78. The maximum Gasteiger partial charge on any atom is 0.244 e. The van der Waals surface area contributed by atoms with Crippen LogP contribution < -0.4 is 5.32 Å². The Morgan fingerprint density at radius 1 is 1.52 bits per heavy atom. The molecule has 0 saturated heterocycles. The van der Waals surface area contributed by atoms with Crippen LogP contribution in [0.1, 0.15) is 31.1 Å². The Morgan fingerprint density at radius 2 is 2.24 bits per heavy atom. The number of thiophene rings is 1. The number of allylic oxidation sites excluding steroid dienone is 1. The molecule has 0 bridgehead atoms. The van der Waals surface area contributed by atoms with Crippen molar-refractivity contribution in [3.63, 3.8) is 0 Å². The van der Waals surface area contributed by atoms with Gasteiger partial charge in [-0.2, -0.15) is 0 Å². The summed E-state index contributed by atoms with van der Waals surface area (Å²) in [7, 11) is -1.80. The maximum absolute atomic E-state index is 12.5. The Morgan fingerprint density at radius 3 is 2.86 bits per heavy atom. The lowest BCUT2D eigenvalue weighted by Crippen LogP contribution is -2.27. The van der Waals surface area contributed by atoms with Gasteiger partial charge in [-0.05, 0) is 47.8 Å². The van der Waals surface area contributed by atoms with E-state index in [0.717, 1.165) is 30.7 Å². The van der Waals surface area contributed by atoms with Crippen molar-refractivity contribution in [2.75, 3.05) is 20.1 Å². The highest BCUT2D eigenvalue weighted by Crippen LogP contribution is 2.33. The van der Waals surface area contributed by atoms with Crippen LogP contribution in [0.15, 0.2) is 27.4 Å². The van der Waals surface area contributed by atoms with Gasteiger partial charge in [0.2, 0.25) is 10.0 Å². The molecule has 1 rings (SSSR count). The van der Waals surface area contributed by atoms with Gasteiger partial charge in [0.25, 0.3) is 0 Å². The van der Waals surface area contributed by atoms with Gasteiger partial charge in [-0.25, -0.2) is 12.7 Å². The minimum atomic E-state index is -3.43. The van der Waals surface area contributed by atoms with Crippen LogP contribution in [0.5, 0.6) is 0 Å². The average molecular weight is 395 g/mol. The topological polar surface area (TPSA) is 49.4 Å². The summed E-state index contributed by atoms with van der Waals surface area (Å²) in [6.45, 7) is 7.88. The highest BCUT2D eigenvalue weighted by atomic mass is 79.9. The normalized spacial score (nSPS) is 12.0. The van der Waals surface area contributed by atoms with Crippen LogP contribution in [0.3, 0.4) is 0 Å². The first kappa shape index (κ1) is 18.8. The molecule has 0 fully saturated rings. The lowest BCUT2D eigenvalue weighted by molar-refractivity contribution is 0.462. The molecule has 120 valence electrons. The molecule has 0 amide bonds. The van der Waals surface area contributed by atoms with E-state index < -0.39 is 10.0 Å². The predicted molar refractivity (Wildman–Crippen MR) is 93.3 cm³/mol. The van der Waals surface area contributed by atoms with Crippen molar-refractivity contribution in [1.29, 1.82) is 0 Å². The highest BCUT2D eigenvalue weighted by molar-refractivity contribution is 9.11. The number of hydrogen-bond donors (Lipinski definition) is 1. The zero-order chi connectivity index (χ0) is 15.9. The molecule has 1 N–H and O–H groups in total. The van der Waals surface area contributed by atoms with E-state index in [1.807, 2.05) is 0 Å². The van der Waals surface area contributed by atoms with Gasteiger partial charge in [0.15, 0.2) is 0 Å². The molecule has 0 aliphatic rings. The zero-order valence-electron chi connectivity index (χ0n) is 12.6. The van der Waals surface area contributed by atoms with Gasteiger partial charge in [-0.1, -0.05) is 13.0 Å². The van der Waals surface area contributed by atoms with Crippen molar-refractivity contribution in [2.24, 2.45) is 0 Å². The number of rotatable bonds is 10. The molecule has 0 saturated carbocycles. The van der Waals surface area contributed by atoms with E-state index in [4.69, 9.17) is 0 Å². The van der Waals surface area contributed by atoms with Crippen LogP contribution in [0.4, 0.5) is 0 Å². The summed E-state index contributed by atoms with van der Waals surface area (Å²) in [5.74, 6) is 0. The van der Waals surface area contributed by atoms with Crippen LogP contribution in [-0.4, -0.2) is 32.9 Å². The number of halogens is 1. The molecule has 1 aromatic rings. The fourth-order valence-corrected chi connectivity index (χ4v) is 5.60. The molecule has 7 heteroatoms. The van der Waals surface area contributed by atoms with Gasteiger partial charge in [-0.15, -0.1) is 17.9 Å². The lowest BCUT2D eigenvalue weighted by atomic mass is 10.3. The number of nitrogens with zero attached hydrogens (tertiary/aromatic N) is 1. The van der Waals surface area contributed by atoms with E-state index in [-0.39, 0.29) is 0 Å². The van der Waals surface area contributed by atoms with E-state index in [2.05, 4.69) is 34.7 Å². The SMILES string of the molecule is C=CCCCN(C)S(=O)(=O)c1cc(CNCCC)sc1Br. The molecular formula is C14H23BrN2O2S2. The van der Waals surface area contributed by atoms with Crippen LogP contribution in [0.25, 0.3) is 0 Å². The molecule has 0 aromatic carbocycles. The minimum Gasteiger partial charge on any atom is -0.312 e. The molecule has 1 aromatic heterocycles. The molecule has 0 unspecified atom stereocenters. The summed E-state index contributed by atoms with van der Waals surface area (Å²) >= 11 is 4.85. The Balaban J connectivity index is 2.80. The largest absolute Gasteiger partial charge is 0.312 e. The number of sulfonamides is 1. The summed E-state index contributed by atoms with van der Waals surface area (Å²) in [6, 6.07) is 1.76. The summed E-state index contributed by atoms with van der Waals surface area (Å²) in [5.41, 5.74) is 0. The fraction of sp³-hybridized carbons (Fsp3) is 0.571.